The Balaban J connectivity index is 2.54. The zero-order valence-electron chi connectivity index (χ0n) is 11.6. The summed E-state index contributed by atoms with van der Waals surface area (Å²) in [6.45, 7) is 3.90. The number of aliphatic hydroxyl groups is 1. The van der Waals surface area contributed by atoms with E-state index in [1.54, 1.807) is 0 Å². The zero-order chi connectivity index (χ0) is 14.3. The highest BCUT2D eigenvalue weighted by Crippen LogP contribution is 2.18. The lowest BCUT2D eigenvalue weighted by Crippen LogP contribution is -2.50. The molecule has 0 fully saturated rings. The first-order valence-electron chi connectivity index (χ1n) is 6.72. The summed E-state index contributed by atoms with van der Waals surface area (Å²) in [6, 6.07) is 7.53. The first-order chi connectivity index (χ1) is 9.06. The van der Waals surface area contributed by atoms with E-state index >= 15 is 0 Å². The Morgan fingerprint density at radius 3 is 2.47 bits per heavy atom. The van der Waals surface area contributed by atoms with Crippen LogP contribution in [-0.2, 0) is 11.2 Å². The highest BCUT2D eigenvalue weighted by molar-refractivity contribution is 6.31. The third kappa shape index (κ3) is 4.51. The maximum Gasteiger partial charge on any atom is 0.220 e. The minimum Gasteiger partial charge on any atom is -0.394 e. The number of amides is 1. The van der Waals surface area contributed by atoms with Crippen molar-refractivity contribution in [1.82, 2.24) is 5.32 Å². The molecule has 0 aliphatic carbocycles. The molecule has 1 rings (SSSR count). The normalized spacial score (nSPS) is 11.4. The monoisotopic (exact) mass is 283 g/mol. The van der Waals surface area contributed by atoms with Crippen LogP contribution in [0.1, 0.15) is 38.7 Å². The van der Waals surface area contributed by atoms with Gasteiger partial charge in [0.05, 0.1) is 12.1 Å². The number of carbonyl (C=O) groups excluding carboxylic acids is 1. The van der Waals surface area contributed by atoms with E-state index in [0.717, 1.165) is 18.4 Å². The number of benzene rings is 1. The number of rotatable bonds is 7. The van der Waals surface area contributed by atoms with E-state index in [-0.39, 0.29) is 12.5 Å². The molecule has 1 amide bonds. The third-order valence-corrected chi connectivity index (χ3v) is 4.01. The van der Waals surface area contributed by atoms with E-state index in [1.807, 2.05) is 38.1 Å². The van der Waals surface area contributed by atoms with E-state index < -0.39 is 5.54 Å². The fourth-order valence-electron chi connectivity index (χ4n) is 2.00. The van der Waals surface area contributed by atoms with E-state index in [2.05, 4.69) is 5.32 Å². The van der Waals surface area contributed by atoms with Crippen molar-refractivity contribution in [3.63, 3.8) is 0 Å². The van der Waals surface area contributed by atoms with Gasteiger partial charge < -0.3 is 10.4 Å². The molecule has 0 radical (unpaired) electrons. The van der Waals surface area contributed by atoms with Gasteiger partial charge in [-0.25, -0.2) is 0 Å². The molecular weight excluding hydrogens is 262 g/mol. The molecule has 0 atom stereocenters. The SMILES string of the molecule is CCC(CC)(CO)NC(=O)CCc1ccccc1Cl. The van der Waals surface area contributed by atoms with Gasteiger partial charge in [-0.05, 0) is 30.9 Å². The summed E-state index contributed by atoms with van der Waals surface area (Å²) >= 11 is 6.05. The molecule has 3 nitrogen and oxygen atoms in total. The quantitative estimate of drug-likeness (QED) is 0.808. The summed E-state index contributed by atoms with van der Waals surface area (Å²) < 4.78 is 0. The molecule has 0 heterocycles. The lowest BCUT2D eigenvalue weighted by atomic mass is 9.93. The third-order valence-electron chi connectivity index (χ3n) is 3.64. The number of hydrogen-bond donors (Lipinski definition) is 2. The van der Waals surface area contributed by atoms with Crippen molar-refractivity contribution >= 4 is 17.5 Å². The molecule has 0 aliphatic rings. The van der Waals surface area contributed by atoms with Crippen LogP contribution >= 0.6 is 11.6 Å². The molecular formula is C15H22ClNO2. The Morgan fingerprint density at radius 2 is 1.95 bits per heavy atom. The van der Waals surface area contributed by atoms with Gasteiger partial charge in [0, 0.05) is 11.4 Å². The summed E-state index contributed by atoms with van der Waals surface area (Å²) in [7, 11) is 0. The molecule has 0 bridgehead atoms. The number of hydrogen-bond acceptors (Lipinski definition) is 2. The first-order valence-corrected chi connectivity index (χ1v) is 7.10. The van der Waals surface area contributed by atoms with Crippen molar-refractivity contribution in [2.45, 2.75) is 45.1 Å². The van der Waals surface area contributed by atoms with E-state index in [1.165, 1.54) is 0 Å². The second-order valence-corrected chi connectivity index (χ2v) is 5.19. The molecule has 0 aliphatic heterocycles. The van der Waals surface area contributed by atoms with Gasteiger partial charge in [0.2, 0.25) is 5.91 Å². The zero-order valence-corrected chi connectivity index (χ0v) is 12.3. The Morgan fingerprint density at radius 1 is 1.32 bits per heavy atom. The lowest BCUT2D eigenvalue weighted by Gasteiger charge is -2.30. The van der Waals surface area contributed by atoms with Crippen molar-refractivity contribution in [3.05, 3.63) is 34.9 Å². The molecule has 0 spiro atoms. The maximum absolute atomic E-state index is 12.0. The molecule has 0 saturated carbocycles. The van der Waals surface area contributed by atoms with Crippen LogP contribution in [0.5, 0.6) is 0 Å². The van der Waals surface area contributed by atoms with Gasteiger partial charge in [0.15, 0.2) is 0 Å². The average Bonchev–Trinajstić information content (AvgIpc) is 2.44. The molecule has 0 aromatic heterocycles. The minimum atomic E-state index is -0.489. The largest absolute Gasteiger partial charge is 0.394 e. The number of carbonyl (C=O) groups is 1. The Bertz CT molecular complexity index is 408. The Labute approximate surface area is 120 Å². The van der Waals surface area contributed by atoms with Crippen molar-refractivity contribution in [1.29, 1.82) is 0 Å². The van der Waals surface area contributed by atoms with Crippen molar-refractivity contribution < 1.29 is 9.90 Å². The highest BCUT2D eigenvalue weighted by Gasteiger charge is 2.26. The number of aliphatic hydroxyl groups excluding tert-OH is 1. The molecule has 106 valence electrons. The summed E-state index contributed by atoms with van der Waals surface area (Å²) in [5.41, 5.74) is 0.485. The molecule has 2 N–H and O–H groups in total. The van der Waals surface area contributed by atoms with E-state index in [9.17, 15) is 9.90 Å². The van der Waals surface area contributed by atoms with Gasteiger partial charge in [-0.2, -0.15) is 0 Å². The average molecular weight is 284 g/mol. The van der Waals surface area contributed by atoms with Crippen LogP contribution in [-0.4, -0.2) is 23.2 Å². The predicted octanol–water partition coefficient (Wildman–Crippen LogP) is 2.94. The first kappa shape index (κ1) is 16.0. The Kier molecular flexibility index (Phi) is 6.32. The fourth-order valence-corrected chi connectivity index (χ4v) is 2.23. The van der Waals surface area contributed by atoms with Crippen molar-refractivity contribution in [2.24, 2.45) is 0 Å². The Hall–Kier alpha value is -1.06. The van der Waals surface area contributed by atoms with Crippen LogP contribution in [0.15, 0.2) is 24.3 Å². The molecule has 0 unspecified atom stereocenters. The maximum atomic E-state index is 12.0. The smallest absolute Gasteiger partial charge is 0.220 e. The fraction of sp³-hybridized carbons (Fsp3) is 0.533. The van der Waals surface area contributed by atoms with Gasteiger partial charge in [0.1, 0.15) is 0 Å². The van der Waals surface area contributed by atoms with E-state index in [4.69, 9.17) is 11.6 Å². The second kappa shape index (κ2) is 7.51. The van der Waals surface area contributed by atoms with E-state index in [0.29, 0.717) is 17.9 Å². The molecule has 4 heteroatoms. The second-order valence-electron chi connectivity index (χ2n) is 4.79. The minimum absolute atomic E-state index is 0.0299. The molecule has 0 saturated heterocycles. The summed E-state index contributed by atoms with van der Waals surface area (Å²) in [6.07, 6.45) is 2.43. The summed E-state index contributed by atoms with van der Waals surface area (Å²) in [5, 5.41) is 13.0. The van der Waals surface area contributed by atoms with Crippen molar-refractivity contribution in [3.8, 4) is 0 Å². The van der Waals surface area contributed by atoms with Gasteiger partial charge in [-0.3, -0.25) is 4.79 Å². The molecule has 19 heavy (non-hydrogen) atoms. The molecule has 1 aromatic carbocycles. The van der Waals surface area contributed by atoms with Crippen molar-refractivity contribution in [2.75, 3.05) is 6.61 Å². The topological polar surface area (TPSA) is 49.3 Å². The van der Waals surface area contributed by atoms with Gasteiger partial charge in [-0.1, -0.05) is 43.6 Å². The highest BCUT2D eigenvalue weighted by atomic mass is 35.5. The number of nitrogens with one attached hydrogen (secondary N) is 1. The van der Waals surface area contributed by atoms with Gasteiger partial charge in [0.25, 0.3) is 0 Å². The molecule has 1 aromatic rings. The standard InChI is InChI=1S/C15H22ClNO2/c1-3-15(4-2,11-18)17-14(19)10-9-12-7-5-6-8-13(12)16/h5-8,18H,3-4,9-11H2,1-2H3,(H,17,19). The van der Waals surface area contributed by atoms with Crippen LogP contribution in [0.25, 0.3) is 0 Å². The summed E-state index contributed by atoms with van der Waals surface area (Å²) in [4.78, 5) is 12.0. The van der Waals surface area contributed by atoms with Crippen LogP contribution in [0, 0.1) is 0 Å². The summed E-state index contributed by atoms with van der Waals surface area (Å²) in [5.74, 6) is -0.0438. The van der Waals surface area contributed by atoms with Gasteiger partial charge in [-0.15, -0.1) is 0 Å². The van der Waals surface area contributed by atoms with Crippen LogP contribution in [0.4, 0.5) is 0 Å². The van der Waals surface area contributed by atoms with Gasteiger partial charge >= 0.3 is 0 Å². The van der Waals surface area contributed by atoms with Crippen LogP contribution in [0.2, 0.25) is 5.02 Å². The number of halogens is 1. The lowest BCUT2D eigenvalue weighted by molar-refractivity contribution is -0.123. The van der Waals surface area contributed by atoms with Crippen LogP contribution in [0.3, 0.4) is 0 Å². The predicted molar refractivity (Wildman–Crippen MR) is 78.3 cm³/mol. The number of aryl methyl sites for hydroxylation is 1. The van der Waals surface area contributed by atoms with Crippen LogP contribution < -0.4 is 5.32 Å².